The van der Waals surface area contributed by atoms with E-state index in [2.05, 4.69) is 10.6 Å². The van der Waals surface area contributed by atoms with Crippen LogP contribution in [0.4, 0.5) is 4.79 Å². The van der Waals surface area contributed by atoms with E-state index in [1.54, 1.807) is 21.1 Å². The Morgan fingerprint density at radius 2 is 1.71 bits per heavy atom. The number of rotatable bonds is 7. The van der Waals surface area contributed by atoms with Gasteiger partial charge in [-0.15, -0.1) is 0 Å². The molecule has 4 bridgehead atoms. The van der Waals surface area contributed by atoms with E-state index >= 15 is 0 Å². The van der Waals surface area contributed by atoms with Gasteiger partial charge in [0.15, 0.2) is 11.5 Å². The SMILES string of the molecule is COc1cccc(CN(C)[C@H](C)C(=O)NC(=O)NC23CC4CC(CC(C4)C2)C3)c1OC. The molecule has 7 nitrogen and oxygen atoms in total. The molecule has 0 spiro atoms. The van der Waals surface area contributed by atoms with Crippen LogP contribution in [0.1, 0.15) is 51.0 Å². The highest BCUT2D eigenvalue weighted by molar-refractivity contribution is 5.97. The fraction of sp³-hybridized carbons (Fsp3) is 0.667. The summed E-state index contributed by atoms with van der Waals surface area (Å²) in [6, 6.07) is 4.85. The summed E-state index contributed by atoms with van der Waals surface area (Å²) < 4.78 is 10.8. The van der Waals surface area contributed by atoms with E-state index in [4.69, 9.17) is 9.47 Å². The van der Waals surface area contributed by atoms with Crippen LogP contribution in [0.2, 0.25) is 0 Å². The molecular weight excluding hydrogens is 394 g/mol. The molecular formula is C24H35N3O4. The summed E-state index contributed by atoms with van der Waals surface area (Å²) in [7, 11) is 5.07. The summed E-state index contributed by atoms with van der Waals surface area (Å²) in [5.41, 5.74) is 0.810. The van der Waals surface area contributed by atoms with E-state index in [0.29, 0.717) is 18.0 Å². The van der Waals surface area contributed by atoms with Gasteiger partial charge >= 0.3 is 6.03 Å². The van der Waals surface area contributed by atoms with Crippen LogP contribution in [-0.4, -0.2) is 49.7 Å². The first-order chi connectivity index (χ1) is 14.8. The molecule has 0 aromatic heterocycles. The molecule has 4 saturated carbocycles. The monoisotopic (exact) mass is 429 g/mol. The smallest absolute Gasteiger partial charge is 0.321 e. The van der Waals surface area contributed by atoms with Crippen LogP contribution in [-0.2, 0) is 11.3 Å². The van der Waals surface area contributed by atoms with Crippen LogP contribution in [0.15, 0.2) is 18.2 Å². The van der Waals surface area contributed by atoms with Gasteiger partial charge < -0.3 is 14.8 Å². The molecule has 31 heavy (non-hydrogen) atoms. The highest BCUT2D eigenvalue weighted by Crippen LogP contribution is 2.55. The Kier molecular flexibility index (Phi) is 6.15. The van der Waals surface area contributed by atoms with Crippen LogP contribution in [0.5, 0.6) is 11.5 Å². The molecule has 7 heteroatoms. The third-order valence-electron chi connectivity index (χ3n) is 7.60. The first-order valence-electron chi connectivity index (χ1n) is 11.4. The van der Waals surface area contributed by atoms with Crippen LogP contribution in [0.3, 0.4) is 0 Å². The fourth-order valence-corrected chi connectivity index (χ4v) is 6.44. The van der Waals surface area contributed by atoms with E-state index in [0.717, 1.165) is 42.6 Å². The molecule has 1 aromatic rings. The number of methoxy groups -OCH3 is 2. The summed E-state index contributed by atoms with van der Waals surface area (Å²) in [6.45, 7) is 2.30. The van der Waals surface area contributed by atoms with Crippen LogP contribution >= 0.6 is 0 Å². The molecule has 170 valence electrons. The average molecular weight is 430 g/mol. The Morgan fingerprint density at radius 1 is 1.10 bits per heavy atom. The fourth-order valence-electron chi connectivity index (χ4n) is 6.44. The predicted molar refractivity (Wildman–Crippen MR) is 118 cm³/mol. The molecule has 5 rings (SSSR count). The Balaban J connectivity index is 1.34. The largest absolute Gasteiger partial charge is 0.493 e. The summed E-state index contributed by atoms with van der Waals surface area (Å²) in [6.07, 6.45) is 7.13. The molecule has 1 aromatic carbocycles. The van der Waals surface area contributed by atoms with Gasteiger partial charge in [0.1, 0.15) is 0 Å². The van der Waals surface area contributed by atoms with Crippen molar-refractivity contribution in [3.05, 3.63) is 23.8 Å². The van der Waals surface area contributed by atoms with Crippen molar-refractivity contribution < 1.29 is 19.1 Å². The molecule has 1 atom stereocenters. The van der Waals surface area contributed by atoms with Crippen molar-refractivity contribution in [3.8, 4) is 11.5 Å². The van der Waals surface area contributed by atoms with Crippen molar-refractivity contribution in [3.63, 3.8) is 0 Å². The summed E-state index contributed by atoms with van der Waals surface area (Å²) in [5, 5.41) is 5.79. The number of nitrogens with one attached hydrogen (secondary N) is 2. The summed E-state index contributed by atoms with van der Waals surface area (Å²) >= 11 is 0. The molecule has 0 aliphatic heterocycles. The number of para-hydroxylation sites is 1. The second-order valence-electron chi connectivity index (χ2n) is 9.88. The average Bonchev–Trinajstić information content (AvgIpc) is 2.71. The number of carbonyl (C=O) groups is 2. The van der Waals surface area contributed by atoms with Crippen LogP contribution < -0.4 is 20.1 Å². The molecule has 3 amide bonds. The third-order valence-corrected chi connectivity index (χ3v) is 7.60. The van der Waals surface area contributed by atoms with Crippen LogP contribution in [0, 0.1) is 17.8 Å². The van der Waals surface area contributed by atoms with Gasteiger partial charge in [-0.1, -0.05) is 12.1 Å². The maximum atomic E-state index is 12.8. The number of nitrogens with zero attached hydrogens (tertiary/aromatic N) is 1. The van der Waals surface area contributed by atoms with E-state index in [1.165, 1.54) is 19.3 Å². The minimum absolute atomic E-state index is 0.109. The minimum Gasteiger partial charge on any atom is -0.493 e. The zero-order chi connectivity index (χ0) is 22.2. The van der Waals surface area contributed by atoms with Crippen molar-refractivity contribution in [2.75, 3.05) is 21.3 Å². The van der Waals surface area contributed by atoms with Gasteiger partial charge in [0, 0.05) is 17.6 Å². The lowest BCUT2D eigenvalue weighted by Gasteiger charge is -2.56. The molecule has 0 radical (unpaired) electrons. The summed E-state index contributed by atoms with van der Waals surface area (Å²) in [4.78, 5) is 27.4. The number of amides is 3. The predicted octanol–water partition coefficient (Wildman–Crippen LogP) is 3.32. The van der Waals surface area contributed by atoms with E-state index in [9.17, 15) is 9.59 Å². The van der Waals surface area contributed by atoms with Gasteiger partial charge in [-0.2, -0.15) is 0 Å². The topological polar surface area (TPSA) is 79.9 Å². The van der Waals surface area contributed by atoms with Crippen molar-refractivity contribution in [2.24, 2.45) is 17.8 Å². The van der Waals surface area contributed by atoms with Gasteiger partial charge in [-0.3, -0.25) is 15.0 Å². The molecule has 0 heterocycles. The zero-order valence-electron chi connectivity index (χ0n) is 19.1. The molecule has 4 aliphatic carbocycles. The zero-order valence-corrected chi connectivity index (χ0v) is 19.1. The Labute approximate surface area is 184 Å². The Morgan fingerprint density at radius 3 is 2.26 bits per heavy atom. The number of ether oxygens (including phenoxy) is 2. The second kappa shape index (κ2) is 8.69. The number of hydrogen-bond acceptors (Lipinski definition) is 5. The van der Waals surface area contributed by atoms with Crippen molar-refractivity contribution in [1.82, 2.24) is 15.5 Å². The van der Waals surface area contributed by atoms with Gasteiger partial charge in [0.05, 0.1) is 20.3 Å². The van der Waals surface area contributed by atoms with E-state index in [1.807, 2.05) is 30.1 Å². The standard InChI is InChI=1S/C24H35N3O4/c1-15(27(2)14-19-6-5-7-20(30-3)21(19)31-4)22(28)25-23(29)26-24-11-16-8-17(12-24)10-18(9-16)13-24/h5-7,15-18H,8-14H2,1-4H3,(H2,25,26,28,29)/t15-,16?,17?,18?,24?/m1/s1. The number of benzene rings is 1. The second-order valence-corrected chi connectivity index (χ2v) is 9.88. The number of carbonyl (C=O) groups excluding carboxylic acids is 2. The molecule has 4 aliphatic rings. The molecule has 0 unspecified atom stereocenters. The lowest BCUT2D eigenvalue weighted by atomic mass is 9.53. The Hall–Kier alpha value is -2.28. The van der Waals surface area contributed by atoms with Gasteiger partial charge in [-0.25, -0.2) is 4.79 Å². The Bertz CT molecular complexity index is 805. The normalized spacial score (nSPS) is 29.5. The first-order valence-corrected chi connectivity index (χ1v) is 11.4. The highest BCUT2D eigenvalue weighted by atomic mass is 16.5. The van der Waals surface area contributed by atoms with E-state index in [-0.39, 0.29) is 17.5 Å². The maximum Gasteiger partial charge on any atom is 0.321 e. The number of hydrogen-bond donors (Lipinski definition) is 2. The molecule has 2 N–H and O–H groups in total. The number of urea groups is 1. The van der Waals surface area contributed by atoms with Gasteiger partial charge in [0.2, 0.25) is 5.91 Å². The van der Waals surface area contributed by atoms with Crippen molar-refractivity contribution in [1.29, 1.82) is 0 Å². The molecule has 0 saturated heterocycles. The number of likely N-dealkylation sites (N-methyl/N-ethyl adjacent to an activating group) is 1. The van der Waals surface area contributed by atoms with E-state index < -0.39 is 6.04 Å². The minimum atomic E-state index is -0.474. The quantitative estimate of drug-likeness (QED) is 0.695. The summed E-state index contributed by atoms with van der Waals surface area (Å²) in [5.74, 6) is 3.23. The first kappa shape index (κ1) is 21.9. The van der Waals surface area contributed by atoms with Crippen molar-refractivity contribution in [2.45, 2.75) is 63.6 Å². The van der Waals surface area contributed by atoms with Crippen molar-refractivity contribution >= 4 is 11.9 Å². The van der Waals surface area contributed by atoms with Gasteiger partial charge in [-0.05, 0) is 76.3 Å². The van der Waals surface area contributed by atoms with Gasteiger partial charge in [0.25, 0.3) is 0 Å². The lowest BCUT2D eigenvalue weighted by molar-refractivity contribution is -0.124. The van der Waals surface area contributed by atoms with Crippen LogP contribution in [0.25, 0.3) is 0 Å². The lowest BCUT2D eigenvalue weighted by Crippen LogP contribution is -2.62. The maximum absolute atomic E-state index is 12.8. The number of imide groups is 1. The highest BCUT2D eigenvalue weighted by Gasteiger charge is 2.51. The third kappa shape index (κ3) is 4.52. The molecule has 4 fully saturated rings.